The lowest BCUT2D eigenvalue weighted by Gasteiger charge is -2.19. The molecule has 2 aliphatic rings. The van der Waals surface area contributed by atoms with Crippen LogP contribution in [0.3, 0.4) is 0 Å². The first-order valence-electron chi connectivity index (χ1n) is 8.87. The number of amides is 3. The maximum atomic E-state index is 12.5. The van der Waals surface area contributed by atoms with Gasteiger partial charge in [-0.25, -0.2) is 0 Å². The van der Waals surface area contributed by atoms with Crippen LogP contribution in [0, 0.1) is 0 Å². The van der Waals surface area contributed by atoms with Gasteiger partial charge in [0.15, 0.2) is 23.0 Å². The van der Waals surface area contributed by atoms with E-state index in [1.807, 2.05) is 0 Å². The minimum absolute atomic E-state index is 0.109. The zero-order valence-corrected chi connectivity index (χ0v) is 16.3. The SMILES string of the molecule is O=C(CN1C(=O)S/C(=C/c2ccc(O)c(O)c2)C1=O)Nc1ccc2c(c1)OCCO2. The van der Waals surface area contributed by atoms with Gasteiger partial charge in [0.1, 0.15) is 19.8 Å². The average molecular weight is 428 g/mol. The van der Waals surface area contributed by atoms with E-state index in [1.165, 1.54) is 24.3 Å². The number of nitrogens with zero attached hydrogens (tertiary/aromatic N) is 1. The minimum atomic E-state index is -0.616. The van der Waals surface area contributed by atoms with Crippen molar-refractivity contribution in [1.82, 2.24) is 4.90 Å². The van der Waals surface area contributed by atoms with Crippen LogP contribution in [0.25, 0.3) is 6.08 Å². The molecular weight excluding hydrogens is 412 g/mol. The van der Waals surface area contributed by atoms with Crippen LogP contribution >= 0.6 is 11.8 Å². The number of phenols is 2. The number of phenolic OH excluding ortho intramolecular Hbond substituents is 2. The van der Waals surface area contributed by atoms with Gasteiger partial charge in [0.25, 0.3) is 11.1 Å². The quantitative estimate of drug-likeness (QED) is 0.501. The topological polar surface area (TPSA) is 125 Å². The summed E-state index contributed by atoms with van der Waals surface area (Å²) < 4.78 is 10.9. The third kappa shape index (κ3) is 4.03. The van der Waals surface area contributed by atoms with Gasteiger partial charge in [-0.1, -0.05) is 6.07 Å². The zero-order chi connectivity index (χ0) is 21.3. The Hall–Kier alpha value is -3.66. The highest BCUT2D eigenvalue weighted by atomic mass is 32.2. The van der Waals surface area contributed by atoms with E-state index in [0.717, 1.165) is 4.90 Å². The van der Waals surface area contributed by atoms with Crippen LogP contribution in [0.1, 0.15) is 5.56 Å². The van der Waals surface area contributed by atoms with E-state index in [4.69, 9.17) is 9.47 Å². The highest BCUT2D eigenvalue weighted by Crippen LogP contribution is 2.35. The van der Waals surface area contributed by atoms with Crippen molar-refractivity contribution in [2.45, 2.75) is 0 Å². The highest BCUT2D eigenvalue weighted by Gasteiger charge is 2.36. The molecule has 2 heterocycles. The number of anilines is 1. The van der Waals surface area contributed by atoms with Gasteiger partial charge in [0.2, 0.25) is 5.91 Å². The van der Waals surface area contributed by atoms with Gasteiger partial charge in [-0.15, -0.1) is 0 Å². The number of rotatable bonds is 4. The molecule has 1 saturated heterocycles. The normalized spacial score (nSPS) is 16.8. The summed E-state index contributed by atoms with van der Waals surface area (Å²) in [4.78, 5) is 38.0. The lowest BCUT2D eigenvalue weighted by Crippen LogP contribution is -2.36. The molecule has 3 N–H and O–H groups in total. The third-order valence-electron chi connectivity index (χ3n) is 4.30. The van der Waals surface area contributed by atoms with E-state index in [1.54, 1.807) is 18.2 Å². The van der Waals surface area contributed by atoms with E-state index in [-0.39, 0.29) is 16.4 Å². The van der Waals surface area contributed by atoms with Crippen molar-refractivity contribution in [2.24, 2.45) is 0 Å². The number of nitrogens with one attached hydrogen (secondary N) is 1. The van der Waals surface area contributed by atoms with Crippen LogP contribution < -0.4 is 14.8 Å². The van der Waals surface area contributed by atoms with Crippen molar-refractivity contribution in [2.75, 3.05) is 25.1 Å². The maximum Gasteiger partial charge on any atom is 0.294 e. The van der Waals surface area contributed by atoms with Crippen LogP contribution in [-0.2, 0) is 9.59 Å². The van der Waals surface area contributed by atoms with Gasteiger partial charge in [-0.2, -0.15) is 0 Å². The second-order valence-electron chi connectivity index (χ2n) is 6.42. The first-order valence-corrected chi connectivity index (χ1v) is 9.69. The van der Waals surface area contributed by atoms with E-state index < -0.39 is 23.6 Å². The van der Waals surface area contributed by atoms with Gasteiger partial charge in [-0.3, -0.25) is 19.3 Å². The molecule has 1 fully saturated rings. The summed E-state index contributed by atoms with van der Waals surface area (Å²) in [6.45, 7) is 0.415. The Kier molecular flexibility index (Phi) is 5.23. The highest BCUT2D eigenvalue weighted by molar-refractivity contribution is 8.18. The smallest absolute Gasteiger partial charge is 0.294 e. The number of hydrogen-bond acceptors (Lipinski definition) is 8. The van der Waals surface area contributed by atoms with Crippen LogP contribution in [0.4, 0.5) is 10.5 Å². The van der Waals surface area contributed by atoms with Gasteiger partial charge < -0.3 is 25.0 Å². The second-order valence-corrected chi connectivity index (χ2v) is 7.42. The zero-order valence-electron chi connectivity index (χ0n) is 15.5. The molecule has 2 aliphatic heterocycles. The van der Waals surface area contributed by atoms with Crippen LogP contribution in [0.15, 0.2) is 41.3 Å². The first kappa shape index (κ1) is 19.6. The van der Waals surface area contributed by atoms with E-state index >= 15 is 0 Å². The number of benzene rings is 2. The van der Waals surface area contributed by atoms with Crippen LogP contribution in [0.2, 0.25) is 0 Å². The summed E-state index contributed by atoms with van der Waals surface area (Å²) in [5.41, 5.74) is 0.878. The molecule has 0 aliphatic carbocycles. The summed E-state index contributed by atoms with van der Waals surface area (Å²) in [5, 5.41) is 21.0. The standard InChI is InChI=1S/C20H16N2O7S/c23-13-3-1-11(7-14(13)24)8-17-19(26)22(20(27)30-17)10-18(25)21-12-2-4-15-16(9-12)29-6-5-28-15/h1-4,7-9,23-24H,5-6,10H2,(H,21,25)/b17-8+. The molecule has 3 amide bonds. The predicted octanol–water partition coefficient (Wildman–Crippen LogP) is 2.54. The van der Waals surface area contributed by atoms with Crippen molar-refractivity contribution in [3.8, 4) is 23.0 Å². The molecule has 0 radical (unpaired) electrons. The molecule has 10 heteroatoms. The van der Waals surface area contributed by atoms with Gasteiger partial charge in [-0.05, 0) is 47.7 Å². The van der Waals surface area contributed by atoms with Crippen molar-refractivity contribution in [3.05, 3.63) is 46.9 Å². The van der Waals surface area contributed by atoms with Gasteiger partial charge in [0.05, 0.1) is 4.91 Å². The van der Waals surface area contributed by atoms with Crippen molar-refractivity contribution >= 4 is 40.6 Å². The van der Waals surface area contributed by atoms with Crippen LogP contribution in [-0.4, -0.2) is 51.9 Å². The summed E-state index contributed by atoms with van der Waals surface area (Å²) in [6.07, 6.45) is 1.41. The Morgan fingerprint density at radius 3 is 2.60 bits per heavy atom. The molecule has 4 rings (SSSR count). The Balaban J connectivity index is 1.43. The monoisotopic (exact) mass is 428 g/mol. The average Bonchev–Trinajstić information content (AvgIpc) is 2.98. The lowest BCUT2D eigenvalue weighted by atomic mass is 10.2. The maximum absolute atomic E-state index is 12.5. The molecule has 154 valence electrons. The number of imide groups is 1. The largest absolute Gasteiger partial charge is 0.504 e. The number of carbonyl (C=O) groups excluding carboxylic acids is 3. The summed E-state index contributed by atoms with van der Waals surface area (Å²) in [7, 11) is 0. The molecule has 0 spiro atoms. The molecular formula is C20H16N2O7S. The minimum Gasteiger partial charge on any atom is -0.504 e. The van der Waals surface area contributed by atoms with Crippen LogP contribution in [0.5, 0.6) is 23.0 Å². The number of thioether (sulfide) groups is 1. The molecule has 2 aromatic rings. The number of aromatic hydroxyl groups is 2. The number of ether oxygens (including phenoxy) is 2. The molecule has 0 aromatic heterocycles. The lowest BCUT2D eigenvalue weighted by molar-refractivity contribution is -0.127. The van der Waals surface area contributed by atoms with E-state index in [2.05, 4.69) is 5.32 Å². The fraction of sp³-hybridized carbons (Fsp3) is 0.150. The molecule has 9 nitrogen and oxygen atoms in total. The third-order valence-corrected chi connectivity index (χ3v) is 5.21. The molecule has 2 aromatic carbocycles. The van der Waals surface area contributed by atoms with Gasteiger partial charge in [0, 0.05) is 11.8 Å². The molecule has 0 bridgehead atoms. The number of hydrogen-bond donors (Lipinski definition) is 3. The van der Waals surface area contributed by atoms with Crippen molar-refractivity contribution < 1.29 is 34.1 Å². The Labute approximate surface area is 174 Å². The summed E-state index contributed by atoms with van der Waals surface area (Å²) >= 11 is 0.691. The van der Waals surface area contributed by atoms with E-state index in [9.17, 15) is 24.6 Å². The second kappa shape index (κ2) is 7.99. The number of fused-ring (bicyclic) bond motifs is 1. The molecule has 0 atom stereocenters. The summed E-state index contributed by atoms with van der Waals surface area (Å²) in [6, 6.07) is 8.93. The van der Waals surface area contributed by atoms with Gasteiger partial charge >= 0.3 is 0 Å². The Morgan fingerprint density at radius 1 is 1.07 bits per heavy atom. The predicted molar refractivity (Wildman–Crippen MR) is 109 cm³/mol. The fourth-order valence-electron chi connectivity index (χ4n) is 2.88. The molecule has 0 saturated carbocycles. The van der Waals surface area contributed by atoms with Crippen molar-refractivity contribution in [1.29, 1.82) is 0 Å². The Bertz CT molecular complexity index is 1080. The van der Waals surface area contributed by atoms with Crippen molar-refractivity contribution in [3.63, 3.8) is 0 Å². The first-order chi connectivity index (χ1) is 14.4. The summed E-state index contributed by atoms with van der Waals surface area (Å²) in [5.74, 6) is -0.717. The Morgan fingerprint density at radius 2 is 1.83 bits per heavy atom. The number of carbonyl (C=O) groups is 3. The fourth-order valence-corrected chi connectivity index (χ4v) is 3.72. The van der Waals surface area contributed by atoms with E-state index in [0.29, 0.717) is 47.7 Å². The molecule has 0 unspecified atom stereocenters. The molecule has 30 heavy (non-hydrogen) atoms.